The van der Waals surface area contributed by atoms with Gasteiger partial charge in [-0.25, -0.2) is 8.42 Å². The summed E-state index contributed by atoms with van der Waals surface area (Å²) in [6.07, 6.45) is 0. The van der Waals surface area contributed by atoms with E-state index in [9.17, 15) is 17.2 Å². The molecule has 1 N–H and O–H groups in total. The molecule has 0 fully saturated rings. The first kappa shape index (κ1) is 16.5. The smallest absolute Gasteiger partial charge is 0.387 e. The molecular weight excluding hydrogens is 360 g/mol. The number of hydrogen-bond donors (Lipinski definition) is 1. The number of aromatic nitrogens is 2. The Labute approximate surface area is 140 Å². The van der Waals surface area contributed by atoms with Gasteiger partial charge < -0.3 is 4.74 Å². The minimum atomic E-state index is -4.05. The van der Waals surface area contributed by atoms with Crippen molar-refractivity contribution < 1.29 is 21.9 Å². The summed E-state index contributed by atoms with van der Waals surface area (Å²) in [5.41, 5.74) is 1.23. The average molecular weight is 371 g/mol. The van der Waals surface area contributed by atoms with E-state index in [0.29, 0.717) is 11.1 Å². The van der Waals surface area contributed by atoms with Crippen LogP contribution in [0.2, 0.25) is 0 Å². The molecular formula is C14H11F2N3O3S2. The number of anilines is 1. The quantitative estimate of drug-likeness (QED) is 0.743. The van der Waals surface area contributed by atoms with Crippen LogP contribution in [0.4, 0.5) is 14.5 Å². The number of sulfonamides is 1. The van der Waals surface area contributed by atoms with Crippen LogP contribution in [0.5, 0.6) is 5.75 Å². The second kappa shape index (κ2) is 6.29. The Kier molecular flexibility index (Phi) is 4.33. The van der Waals surface area contributed by atoms with Crippen LogP contribution in [0.15, 0.2) is 41.3 Å². The first-order valence-corrected chi connectivity index (χ1v) is 8.88. The van der Waals surface area contributed by atoms with Crippen molar-refractivity contribution in [3.8, 4) is 5.75 Å². The fourth-order valence-electron chi connectivity index (χ4n) is 2.11. The molecule has 0 atom stereocenters. The monoisotopic (exact) mass is 371 g/mol. The lowest BCUT2D eigenvalue weighted by Gasteiger charge is -2.14. The summed E-state index contributed by atoms with van der Waals surface area (Å²) in [4.78, 5) is -0.0858. The zero-order valence-electron chi connectivity index (χ0n) is 12.2. The van der Waals surface area contributed by atoms with Gasteiger partial charge in [0.25, 0.3) is 10.0 Å². The standard InChI is InChI=1S/C14H11F2N3O3S2/c1-8-5-6-9(11(7-8)22-14(15)16)19-24(20,21)12-4-2-3-10-13(12)18-23-17-10/h2-7,14,19H,1H3. The SMILES string of the molecule is Cc1ccc(NS(=O)(=O)c2cccc3nsnc23)c(OC(F)F)c1. The third-order valence-electron chi connectivity index (χ3n) is 3.14. The maximum Gasteiger partial charge on any atom is 0.387 e. The third-order valence-corrected chi connectivity index (χ3v) is 5.08. The van der Waals surface area contributed by atoms with Gasteiger partial charge in [-0.05, 0) is 36.8 Å². The summed E-state index contributed by atoms with van der Waals surface area (Å²) >= 11 is 0.887. The Morgan fingerprint density at radius 2 is 2.00 bits per heavy atom. The Bertz CT molecular complexity index is 990. The largest absolute Gasteiger partial charge is 0.433 e. The van der Waals surface area contributed by atoms with Crippen LogP contribution in [0.3, 0.4) is 0 Å². The van der Waals surface area contributed by atoms with Gasteiger partial charge in [0.05, 0.1) is 17.4 Å². The Balaban J connectivity index is 2.03. The van der Waals surface area contributed by atoms with E-state index in [-0.39, 0.29) is 21.8 Å². The Morgan fingerprint density at radius 1 is 1.21 bits per heavy atom. The number of benzene rings is 2. The van der Waals surface area contributed by atoms with Crippen molar-refractivity contribution in [3.05, 3.63) is 42.0 Å². The zero-order chi connectivity index (χ0) is 17.3. The van der Waals surface area contributed by atoms with Gasteiger partial charge in [0.2, 0.25) is 0 Å². The van der Waals surface area contributed by atoms with Gasteiger partial charge in [-0.15, -0.1) is 0 Å². The van der Waals surface area contributed by atoms with Crippen LogP contribution in [-0.2, 0) is 10.0 Å². The minimum Gasteiger partial charge on any atom is -0.433 e. The van der Waals surface area contributed by atoms with Gasteiger partial charge in [0, 0.05) is 0 Å². The molecule has 3 rings (SSSR count). The van der Waals surface area contributed by atoms with Crippen LogP contribution < -0.4 is 9.46 Å². The molecule has 0 aliphatic heterocycles. The van der Waals surface area contributed by atoms with E-state index >= 15 is 0 Å². The van der Waals surface area contributed by atoms with E-state index in [1.807, 2.05) is 0 Å². The molecule has 0 saturated carbocycles. The van der Waals surface area contributed by atoms with E-state index in [2.05, 4.69) is 18.2 Å². The van der Waals surface area contributed by atoms with Gasteiger partial charge in [-0.3, -0.25) is 4.72 Å². The van der Waals surface area contributed by atoms with Crippen molar-refractivity contribution in [1.82, 2.24) is 8.75 Å². The van der Waals surface area contributed by atoms with Crippen molar-refractivity contribution in [2.24, 2.45) is 0 Å². The molecule has 0 saturated heterocycles. The molecule has 1 aromatic heterocycles. The number of ether oxygens (including phenoxy) is 1. The van der Waals surface area contributed by atoms with Crippen LogP contribution in [-0.4, -0.2) is 23.8 Å². The van der Waals surface area contributed by atoms with Crippen LogP contribution in [0.1, 0.15) is 5.56 Å². The summed E-state index contributed by atoms with van der Waals surface area (Å²) in [6.45, 7) is -1.39. The van der Waals surface area contributed by atoms with Gasteiger partial charge >= 0.3 is 6.61 Å². The number of rotatable bonds is 5. The van der Waals surface area contributed by atoms with Crippen LogP contribution in [0, 0.1) is 6.92 Å². The van der Waals surface area contributed by atoms with Gasteiger partial charge in [0.15, 0.2) is 0 Å². The first-order valence-electron chi connectivity index (χ1n) is 6.66. The molecule has 0 aliphatic rings. The Morgan fingerprint density at radius 3 is 2.75 bits per heavy atom. The van der Waals surface area contributed by atoms with E-state index < -0.39 is 16.6 Å². The number of fused-ring (bicyclic) bond motifs is 1. The van der Waals surface area contributed by atoms with Crippen molar-refractivity contribution >= 4 is 38.5 Å². The second-order valence-electron chi connectivity index (χ2n) is 4.87. The molecule has 0 radical (unpaired) electrons. The lowest BCUT2D eigenvalue weighted by molar-refractivity contribution is -0.0493. The lowest BCUT2D eigenvalue weighted by atomic mass is 10.2. The molecule has 0 spiro atoms. The number of aryl methyl sites for hydroxylation is 1. The predicted octanol–water partition coefficient (Wildman–Crippen LogP) is 3.40. The summed E-state index contributed by atoms with van der Waals surface area (Å²) in [7, 11) is -4.05. The number of alkyl halides is 2. The van der Waals surface area contributed by atoms with Crippen LogP contribution >= 0.6 is 11.7 Å². The molecule has 10 heteroatoms. The fourth-order valence-corrected chi connectivity index (χ4v) is 3.94. The van der Waals surface area contributed by atoms with E-state index in [1.165, 1.54) is 24.3 Å². The molecule has 0 amide bonds. The van der Waals surface area contributed by atoms with E-state index in [4.69, 9.17) is 0 Å². The molecule has 3 aromatic rings. The van der Waals surface area contributed by atoms with Crippen molar-refractivity contribution in [2.45, 2.75) is 18.4 Å². The topological polar surface area (TPSA) is 81.2 Å². The maximum absolute atomic E-state index is 12.6. The molecule has 24 heavy (non-hydrogen) atoms. The third kappa shape index (κ3) is 3.29. The fraction of sp³-hybridized carbons (Fsp3) is 0.143. The van der Waals surface area contributed by atoms with Crippen LogP contribution in [0.25, 0.3) is 11.0 Å². The molecule has 2 aromatic carbocycles. The summed E-state index contributed by atoms with van der Waals surface area (Å²) < 4.78 is 64.9. The molecule has 0 aliphatic carbocycles. The van der Waals surface area contributed by atoms with E-state index in [0.717, 1.165) is 11.7 Å². The van der Waals surface area contributed by atoms with Crippen molar-refractivity contribution in [3.63, 3.8) is 0 Å². The van der Waals surface area contributed by atoms with Crippen molar-refractivity contribution in [2.75, 3.05) is 4.72 Å². The van der Waals surface area contributed by atoms with Gasteiger partial charge in [-0.1, -0.05) is 12.1 Å². The summed E-state index contributed by atoms with van der Waals surface area (Å²) in [6, 6.07) is 8.81. The predicted molar refractivity (Wildman–Crippen MR) is 86.0 cm³/mol. The summed E-state index contributed by atoms with van der Waals surface area (Å²) in [5, 5.41) is 0. The van der Waals surface area contributed by atoms with Gasteiger partial charge in [0.1, 0.15) is 21.7 Å². The molecule has 0 bridgehead atoms. The van der Waals surface area contributed by atoms with Crippen molar-refractivity contribution in [1.29, 1.82) is 0 Å². The summed E-state index contributed by atoms with van der Waals surface area (Å²) in [5.74, 6) is -0.253. The normalized spacial score (nSPS) is 11.8. The number of halogens is 2. The second-order valence-corrected chi connectivity index (χ2v) is 7.05. The number of nitrogens with one attached hydrogen (secondary N) is 1. The molecule has 0 unspecified atom stereocenters. The highest BCUT2D eigenvalue weighted by Gasteiger charge is 2.22. The first-order chi connectivity index (χ1) is 11.4. The minimum absolute atomic E-state index is 0.0823. The molecule has 1 heterocycles. The zero-order valence-corrected chi connectivity index (χ0v) is 13.9. The number of hydrogen-bond acceptors (Lipinski definition) is 6. The average Bonchev–Trinajstić information content (AvgIpc) is 2.97. The highest BCUT2D eigenvalue weighted by molar-refractivity contribution is 7.93. The Hall–Kier alpha value is -2.33. The highest BCUT2D eigenvalue weighted by Crippen LogP contribution is 2.31. The van der Waals surface area contributed by atoms with E-state index in [1.54, 1.807) is 19.1 Å². The number of nitrogens with zero attached hydrogens (tertiary/aromatic N) is 2. The van der Waals surface area contributed by atoms with Gasteiger partial charge in [-0.2, -0.15) is 17.5 Å². The lowest BCUT2D eigenvalue weighted by Crippen LogP contribution is -2.15. The maximum atomic E-state index is 12.6. The highest BCUT2D eigenvalue weighted by atomic mass is 32.2. The molecule has 126 valence electrons. The molecule has 6 nitrogen and oxygen atoms in total.